The molecule has 0 atom stereocenters. The number of aromatic amines is 1. The van der Waals surface area contributed by atoms with Crippen LogP contribution in [-0.4, -0.2) is 30.7 Å². The van der Waals surface area contributed by atoms with Gasteiger partial charge in [0.2, 0.25) is 13.6 Å². The standard InChI is InChI=1S/C24H17ClN2O5/c1-28-17-7-4-15(25)10-16(17)24-26-22(13-2-5-18-20(8-13)31-11-29-18)23(27-24)14-3-6-19-21(9-14)32-12-30-19/h2-10H,11-12H2,1H3,(H,26,27). The third-order valence-electron chi connectivity index (χ3n) is 5.43. The Bertz CT molecular complexity index is 1280. The molecule has 7 nitrogen and oxygen atoms in total. The summed E-state index contributed by atoms with van der Waals surface area (Å²) in [6.07, 6.45) is 0. The highest BCUT2D eigenvalue weighted by molar-refractivity contribution is 6.31. The van der Waals surface area contributed by atoms with E-state index in [1.807, 2.05) is 48.5 Å². The summed E-state index contributed by atoms with van der Waals surface area (Å²) in [5.74, 6) is 4.10. The fourth-order valence-electron chi connectivity index (χ4n) is 3.88. The summed E-state index contributed by atoms with van der Waals surface area (Å²) in [5, 5.41) is 0.589. The smallest absolute Gasteiger partial charge is 0.231 e. The summed E-state index contributed by atoms with van der Waals surface area (Å²) in [6, 6.07) is 17.0. The number of imidazole rings is 1. The number of rotatable bonds is 4. The number of nitrogens with one attached hydrogen (secondary N) is 1. The van der Waals surface area contributed by atoms with Crippen LogP contribution in [0.5, 0.6) is 28.7 Å². The second-order valence-corrected chi connectivity index (χ2v) is 7.73. The van der Waals surface area contributed by atoms with Crippen LogP contribution < -0.4 is 23.7 Å². The molecular formula is C24H17ClN2O5. The largest absolute Gasteiger partial charge is 0.496 e. The molecule has 3 aromatic carbocycles. The molecule has 1 aromatic heterocycles. The predicted octanol–water partition coefficient (Wildman–Crippen LogP) is 5.53. The molecule has 0 amide bonds. The van der Waals surface area contributed by atoms with E-state index in [9.17, 15) is 0 Å². The van der Waals surface area contributed by atoms with Crippen LogP contribution in [-0.2, 0) is 0 Å². The molecule has 1 N–H and O–H groups in total. The topological polar surface area (TPSA) is 74.8 Å². The SMILES string of the molecule is COc1ccc(Cl)cc1-c1nc(-c2ccc3c(c2)OCO3)c(-c2ccc3c(c2)OCO3)[nH]1. The average molecular weight is 449 g/mol. The molecule has 0 bridgehead atoms. The van der Waals surface area contributed by atoms with Crippen LogP contribution >= 0.6 is 11.6 Å². The molecule has 160 valence electrons. The Kier molecular flexibility index (Phi) is 4.36. The van der Waals surface area contributed by atoms with Crippen molar-refractivity contribution in [3.8, 4) is 62.7 Å². The molecule has 6 rings (SSSR count). The number of halogens is 1. The highest BCUT2D eigenvalue weighted by atomic mass is 35.5. The van der Waals surface area contributed by atoms with Crippen LogP contribution in [0.25, 0.3) is 33.9 Å². The van der Waals surface area contributed by atoms with E-state index < -0.39 is 0 Å². The monoisotopic (exact) mass is 448 g/mol. The van der Waals surface area contributed by atoms with Crippen molar-refractivity contribution in [2.75, 3.05) is 20.7 Å². The Balaban J connectivity index is 1.55. The van der Waals surface area contributed by atoms with Gasteiger partial charge in [0.15, 0.2) is 23.0 Å². The number of hydrogen-bond donors (Lipinski definition) is 1. The molecule has 2 aliphatic rings. The summed E-state index contributed by atoms with van der Waals surface area (Å²) >= 11 is 6.27. The molecule has 0 radical (unpaired) electrons. The van der Waals surface area contributed by atoms with Gasteiger partial charge in [0.05, 0.1) is 24.1 Å². The molecule has 32 heavy (non-hydrogen) atoms. The molecule has 0 saturated heterocycles. The summed E-state index contributed by atoms with van der Waals surface area (Å²) in [6.45, 7) is 0.418. The summed E-state index contributed by atoms with van der Waals surface area (Å²) in [7, 11) is 1.62. The van der Waals surface area contributed by atoms with E-state index in [0.717, 1.165) is 33.8 Å². The molecule has 0 saturated carbocycles. The molecule has 0 fully saturated rings. The first-order chi connectivity index (χ1) is 15.7. The van der Waals surface area contributed by atoms with E-state index in [1.54, 1.807) is 13.2 Å². The molecule has 3 heterocycles. The van der Waals surface area contributed by atoms with Gasteiger partial charge in [-0.3, -0.25) is 0 Å². The number of fused-ring (bicyclic) bond motifs is 2. The Labute approximate surface area is 188 Å². The molecule has 8 heteroatoms. The first-order valence-corrected chi connectivity index (χ1v) is 10.3. The Morgan fingerprint density at radius 1 is 0.812 bits per heavy atom. The van der Waals surface area contributed by atoms with Crippen LogP contribution in [0.15, 0.2) is 54.6 Å². The van der Waals surface area contributed by atoms with Gasteiger partial charge < -0.3 is 28.7 Å². The van der Waals surface area contributed by atoms with Gasteiger partial charge in [0, 0.05) is 16.1 Å². The zero-order valence-electron chi connectivity index (χ0n) is 17.0. The van der Waals surface area contributed by atoms with Crippen molar-refractivity contribution in [3.63, 3.8) is 0 Å². The molecule has 0 unspecified atom stereocenters. The fraction of sp³-hybridized carbons (Fsp3) is 0.125. The van der Waals surface area contributed by atoms with Gasteiger partial charge in [-0.05, 0) is 54.6 Å². The molecule has 2 aliphatic heterocycles. The third-order valence-corrected chi connectivity index (χ3v) is 5.66. The number of H-pyrrole nitrogens is 1. The zero-order chi connectivity index (χ0) is 21.7. The summed E-state index contributed by atoms with van der Waals surface area (Å²) in [5.41, 5.74) is 4.11. The number of ether oxygens (including phenoxy) is 5. The van der Waals surface area contributed by atoms with E-state index in [2.05, 4.69) is 4.98 Å². The van der Waals surface area contributed by atoms with E-state index in [1.165, 1.54) is 0 Å². The lowest BCUT2D eigenvalue weighted by Crippen LogP contribution is -1.93. The van der Waals surface area contributed by atoms with Gasteiger partial charge in [0.25, 0.3) is 0 Å². The van der Waals surface area contributed by atoms with Gasteiger partial charge in [-0.2, -0.15) is 0 Å². The Hall–Kier alpha value is -3.84. The summed E-state index contributed by atoms with van der Waals surface area (Å²) in [4.78, 5) is 8.39. The van der Waals surface area contributed by atoms with Crippen molar-refractivity contribution >= 4 is 11.6 Å². The Morgan fingerprint density at radius 3 is 2.19 bits per heavy atom. The minimum absolute atomic E-state index is 0.208. The lowest BCUT2D eigenvalue weighted by molar-refractivity contribution is 0.173. The quantitative estimate of drug-likeness (QED) is 0.442. The minimum atomic E-state index is 0.208. The van der Waals surface area contributed by atoms with Crippen molar-refractivity contribution in [2.24, 2.45) is 0 Å². The normalized spacial score (nSPS) is 13.4. The lowest BCUT2D eigenvalue weighted by Gasteiger charge is -2.06. The number of aromatic nitrogens is 2. The van der Waals surface area contributed by atoms with Gasteiger partial charge in [-0.1, -0.05) is 11.6 Å². The molecule has 0 spiro atoms. The average Bonchev–Trinajstić information content (AvgIpc) is 3.57. The highest BCUT2D eigenvalue weighted by Gasteiger charge is 2.22. The van der Waals surface area contributed by atoms with Crippen LogP contribution in [0, 0.1) is 0 Å². The second-order valence-electron chi connectivity index (χ2n) is 7.29. The fourth-order valence-corrected chi connectivity index (χ4v) is 4.05. The number of nitrogens with zero attached hydrogens (tertiary/aromatic N) is 1. The predicted molar refractivity (Wildman–Crippen MR) is 119 cm³/mol. The number of benzene rings is 3. The van der Waals surface area contributed by atoms with E-state index in [0.29, 0.717) is 33.8 Å². The maximum atomic E-state index is 6.27. The molecule has 4 aromatic rings. The zero-order valence-corrected chi connectivity index (χ0v) is 17.7. The van der Waals surface area contributed by atoms with E-state index >= 15 is 0 Å². The van der Waals surface area contributed by atoms with Crippen molar-refractivity contribution in [1.82, 2.24) is 9.97 Å². The highest BCUT2D eigenvalue weighted by Crippen LogP contribution is 2.43. The Morgan fingerprint density at radius 2 is 1.47 bits per heavy atom. The van der Waals surface area contributed by atoms with Crippen molar-refractivity contribution in [3.05, 3.63) is 59.6 Å². The van der Waals surface area contributed by atoms with Crippen LogP contribution in [0.2, 0.25) is 5.02 Å². The van der Waals surface area contributed by atoms with E-state index in [4.69, 9.17) is 40.3 Å². The van der Waals surface area contributed by atoms with Gasteiger partial charge in [-0.25, -0.2) is 4.98 Å². The maximum Gasteiger partial charge on any atom is 0.231 e. The number of methoxy groups -OCH3 is 1. The van der Waals surface area contributed by atoms with Gasteiger partial charge in [0.1, 0.15) is 11.6 Å². The maximum absolute atomic E-state index is 6.27. The van der Waals surface area contributed by atoms with E-state index in [-0.39, 0.29) is 13.6 Å². The van der Waals surface area contributed by atoms with Crippen molar-refractivity contribution < 1.29 is 23.7 Å². The first kappa shape index (κ1) is 18.9. The van der Waals surface area contributed by atoms with Crippen LogP contribution in [0.1, 0.15) is 0 Å². The van der Waals surface area contributed by atoms with Crippen molar-refractivity contribution in [1.29, 1.82) is 0 Å². The van der Waals surface area contributed by atoms with Gasteiger partial charge >= 0.3 is 0 Å². The minimum Gasteiger partial charge on any atom is -0.496 e. The molecular weight excluding hydrogens is 432 g/mol. The first-order valence-electron chi connectivity index (χ1n) is 9.93. The second kappa shape index (κ2) is 7.39. The summed E-state index contributed by atoms with van der Waals surface area (Å²) < 4.78 is 27.6. The lowest BCUT2D eigenvalue weighted by atomic mass is 10.0. The number of hydrogen-bond acceptors (Lipinski definition) is 6. The van der Waals surface area contributed by atoms with Crippen LogP contribution in [0.3, 0.4) is 0 Å². The van der Waals surface area contributed by atoms with Crippen LogP contribution in [0.4, 0.5) is 0 Å². The van der Waals surface area contributed by atoms with Crippen molar-refractivity contribution in [2.45, 2.75) is 0 Å². The molecule has 0 aliphatic carbocycles. The third kappa shape index (κ3) is 3.09. The van der Waals surface area contributed by atoms with Gasteiger partial charge in [-0.15, -0.1) is 0 Å².